The molecule has 2 rings (SSSR count). The van der Waals surface area contributed by atoms with Gasteiger partial charge in [-0.25, -0.2) is 0 Å². The Morgan fingerprint density at radius 1 is 1.24 bits per heavy atom. The van der Waals surface area contributed by atoms with E-state index < -0.39 is 0 Å². The monoisotopic (exact) mass is 248 g/mol. The minimum absolute atomic E-state index is 0.760. The van der Waals surface area contributed by atoms with E-state index in [1.807, 2.05) is 24.3 Å². The van der Waals surface area contributed by atoms with Crippen LogP contribution in [0.5, 0.6) is 0 Å². The first-order valence-electron chi connectivity index (χ1n) is 5.69. The topological polar surface area (TPSA) is 17.0 Å². The first-order valence-corrected chi connectivity index (χ1v) is 6.07. The molecule has 0 aliphatic heterocycles. The van der Waals surface area contributed by atoms with Crippen molar-refractivity contribution in [3.05, 3.63) is 52.3 Å². The Labute approximate surface area is 107 Å². The smallest absolute Gasteiger partial charge is 0.0426 e. The van der Waals surface area contributed by atoms with Gasteiger partial charge >= 0.3 is 0 Å². The molecule has 2 aromatic rings. The van der Waals surface area contributed by atoms with Gasteiger partial charge in [0.25, 0.3) is 0 Å². The van der Waals surface area contributed by atoms with E-state index >= 15 is 0 Å². The van der Waals surface area contributed by atoms with E-state index in [0.717, 1.165) is 17.3 Å². The van der Waals surface area contributed by atoms with Gasteiger partial charge in [-0.1, -0.05) is 17.7 Å². The van der Waals surface area contributed by atoms with Gasteiger partial charge in [0, 0.05) is 35.7 Å². The maximum absolute atomic E-state index is 5.94. The SMILES string of the molecule is Cc1cc(CNc2cccc(Cl)c2)c(C)n1C. The highest BCUT2D eigenvalue weighted by molar-refractivity contribution is 6.30. The van der Waals surface area contributed by atoms with E-state index in [-0.39, 0.29) is 0 Å². The van der Waals surface area contributed by atoms with Crippen LogP contribution in [-0.4, -0.2) is 4.57 Å². The van der Waals surface area contributed by atoms with Crippen LogP contribution in [0.2, 0.25) is 5.02 Å². The molecule has 0 amide bonds. The quantitative estimate of drug-likeness (QED) is 0.872. The molecule has 1 N–H and O–H groups in total. The Bertz CT molecular complexity index is 529. The van der Waals surface area contributed by atoms with Crippen LogP contribution in [0.25, 0.3) is 0 Å². The summed E-state index contributed by atoms with van der Waals surface area (Å²) in [7, 11) is 2.09. The average molecular weight is 249 g/mol. The number of hydrogen-bond acceptors (Lipinski definition) is 1. The van der Waals surface area contributed by atoms with Crippen LogP contribution in [-0.2, 0) is 13.6 Å². The van der Waals surface area contributed by atoms with Gasteiger partial charge < -0.3 is 9.88 Å². The van der Waals surface area contributed by atoms with Crippen molar-refractivity contribution in [3.8, 4) is 0 Å². The van der Waals surface area contributed by atoms with Gasteiger partial charge in [-0.3, -0.25) is 0 Å². The van der Waals surface area contributed by atoms with Gasteiger partial charge in [0.1, 0.15) is 0 Å². The van der Waals surface area contributed by atoms with Crippen molar-refractivity contribution in [1.82, 2.24) is 4.57 Å². The zero-order valence-corrected chi connectivity index (χ0v) is 11.2. The van der Waals surface area contributed by atoms with Gasteiger partial charge in [-0.05, 0) is 43.7 Å². The van der Waals surface area contributed by atoms with Gasteiger partial charge in [0.2, 0.25) is 0 Å². The minimum Gasteiger partial charge on any atom is -0.381 e. The zero-order valence-electron chi connectivity index (χ0n) is 10.4. The predicted octanol–water partition coefficient (Wildman–Crippen LogP) is 3.91. The summed E-state index contributed by atoms with van der Waals surface area (Å²) in [5.41, 5.74) is 4.96. The van der Waals surface area contributed by atoms with Crippen molar-refractivity contribution in [2.45, 2.75) is 20.4 Å². The van der Waals surface area contributed by atoms with E-state index in [1.165, 1.54) is 17.0 Å². The molecule has 1 heterocycles. The van der Waals surface area contributed by atoms with E-state index in [1.54, 1.807) is 0 Å². The second-order valence-electron chi connectivity index (χ2n) is 4.32. The van der Waals surface area contributed by atoms with Crippen LogP contribution in [0.15, 0.2) is 30.3 Å². The summed E-state index contributed by atoms with van der Waals surface area (Å²) >= 11 is 5.94. The van der Waals surface area contributed by atoms with Crippen LogP contribution >= 0.6 is 11.6 Å². The highest BCUT2D eigenvalue weighted by atomic mass is 35.5. The molecule has 0 bridgehead atoms. The fourth-order valence-corrected chi connectivity index (χ4v) is 2.10. The van der Waals surface area contributed by atoms with E-state index in [4.69, 9.17) is 11.6 Å². The molecular weight excluding hydrogens is 232 g/mol. The predicted molar refractivity (Wildman–Crippen MR) is 73.7 cm³/mol. The fourth-order valence-electron chi connectivity index (χ4n) is 1.91. The minimum atomic E-state index is 0.760. The summed E-state index contributed by atoms with van der Waals surface area (Å²) in [6.07, 6.45) is 0. The van der Waals surface area contributed by atoms with Crippen molar-refractivity contribution in [3.63, 3.8) is 0 Å². The van der Waals surface area contributed by atoms with Crippen LogP contribution in [0.1, 0.15) is 17.0 Å². The van der Waals surface area contributed by atoms with Gasteiger partial charge in [-0.2, -0.15) is 0 Å². The molecule has 0 radical (unpaired) electrons. The summed E-state index contributed by atoms with van der Waals surface area (Å²) in [6, 6.07) is 10.0. The summed E-state index contributed by atoms with van der Waals surface area (Å²) in [4.78, 5) is 0. The van der Waals surface area contributed by atoms with Gasteiger partial charge in [0.05, 0.1) is 0 Å². The number of rotatable bonds is 3. The molecule has 0 spiro atoms. The second kappa shape index (κ2) is 4.84. The lowest BCUT2D eigenvalue weighted by Crippen LogP contribution is -2.01. The zero-order chi connectivity index (χ0) is 12.4. The number of anilines is 1. The van der Waals surface area contributed by atoms with Crippen molar-refractivity contribution < 1.29 is 0 Å². The molecule has 3 heteroatoms. The largest absolute Gasteiger partial charge is 0.381 e. The Balaban J connectivity index is 2.10. The molecule has 17 heavy (non-hydrogen) atoms. The molecule has 0 aliphatic carbocycles. The van der Waals surface area contributed by atoms with Crippen LogP contribution in [0, 0.1) is 13.8 Å². The fraction of sp³-hybridized carbons (Fsp3) is 0.286. The Morgan fingerprint density at radius 3 is 2.59 bits per heavy atom. The molecule has 1 aromatic heterocycles. The molecule has 0 saturated heterocycles. The standard InChI is InChI=1S/C14H17ClN2/c1-10-7-12(11(2)17(10)3)9-16-14-6-4-5-13(15)8-14/h4-8,16H,9H2,1-3H3. The van der Waals surface area contributed by atoms with E-state index in [2.05, 4.69) is 36.8 Å². The highest BCUT2D eigenvalue weighted by Crippen LogP contribution is 2.18. The number of nitrogens with zero attached hydrogens (tertiary/aromatic N) is 1. The first kappa shape index (κ1) is 12.1. The summed E-state index contributed by atoms with van der Waals surface area (Å²) < 4.78 is 2.20. The van der Waals surface area contributed by atoms with Crippen LogP contribution < -0.4 is 5.32 Å². The first-order chi connectivity index (χ1) is 8.08. The summed E-state index contributed by atoms with van der Waals surface area (Å²) in [5, 5.41) is 4.15. The number of halogens is 1. The van der Waals surface area contributed by atoms with Crippen LogP contribution in [0.3, 0.4) is 0 Å². The Kier molecular flexibility index (Phi) is 3.43. The Morgan fingerprint density at radius 2 is 2.00 bits per heavy atom. The second-order valence-corrected chi connectivity index (χ2v) is 4.76. The maximum atomic E-state index is 5.94. The molecule has 1 aromatic carbocycles. The highest BCUT2D eigenvalue weighted by Gasteiger charge is 2.05. The molecule has 0 saturated carbocycles. The van der Waals surface area contributed by atoms with Crippen molar-refractivity contribution >= 4 is 17.3 Å². The molecule has 0 unspecified atom stereocenters. The van der Waals surface area contributed by atoms with Gasteiger partial charge in [-0.15, -0.1) is 0 Å². The maximum Gasteiger partial charge on any atom is 0.0426 e. The lowest BCUT2D eigenvalue weighted by molar-refractivity contribution is 0.837. The third-order valence-electron chi connectivity index (χ3n) is 3.19. The van der Waals surface area contributed by atoms with Crippen molar-refractivity contribution in [1.29, 1.82) is 0 Å². The lowest BCUT2D eigenvalue weighted by atomic mass is 10.2. The summed E-state index contributed by atoms with van der Waals surface area (Å²) in [6.45, 7) is 5.09. The number of hydrogen-bond donors (Lipinski definition) is 1. The van der Waals surface area contributed by atoms with Crippen LogP contribution in [0.4, 0.5) is 5.69 Å². The normalized spacial score (nSPS) is 10.6. The average Bonchev–Trinajstić information content (AvgIpc) is 2.54. The molecular formula is C14H17ClN2. The third-order valence-corrected chi connectivity index (χ3v) is 3.42. The molecule has 0 fully saturated rings. The van der Waals surface area contributed by atoms with Crippen molar-refractivity contribution in [2.24, 2.45) is 7.05 Å². The number of benzene rings is 1. The van der Waals surface area contributed by atoms with Gasteiger partial charge in [0.15, 0.2) is 0 Å². The van der Waals surface area contributed by atoms with E-state index in [0.29, 0.717) is 0 Å². The lowest BCUT2D eigenvalue weighted by Gasteiger charge is -2.07. The summed E-state index contributed by atoms with van der Waals surface area (Å²) in [5.74, 6) is 0. The molecule has 2 nitrogen and oxygen atoms in total. The van der Waals surface area contributed by atoms with E-state index in [9.17, 15) is 0 Å². The van der Waals surface area contributed by atoms with Crippen molar-refractivity contribution in [2.75, 3.05) is 5.32 Å². The molecule has 0 atom stereocenters. The number of aromatic nitrogens is 1. The number of nitrogens with one attached hydrogen (secondary N) is 1. The number of aryl methyl sites for hydroxylation is 1. The Hall–Kier alpha value is -1.41. The molecule has 0 aliphatic rings. The third kappa shape index (κ3) is 2.64. The molecule has 90 valence electrons.